The minimum Gasteiger partial charge on any atom is -0.493 e. The molecule has 0 radical (unpaired) electrons. The van der Waals surface area contributed by atoms with Crippen molar-refractivity contribution in [2.45, 2.75) is 0 Å². The number of carboxylic acids is 1. The molecule has 0 saturated heterocycles. The van der Waals surface area contributed by atoms with Gasteiger partial charge in [0.15, 0.2) is 11.5 Å². The van der Waals surface area contributed by atoms with E-state index < -0.39 is 5.97 Å². The normalized spacial score (nSPS) is 9.60. The summed E-state index contributed by atoms with van der Waals surface area (Å²) in [4.78, 5) is 10.9. The second-order valence-electron chi connectivity index (χ2n) is 3.63. The van der Waals surface area contributed by atoms with Crippen molar-refractivity contribution < 1.29 is 19.4 Å². The highest BCUT2D eigenvalue weighted by Crippen LogP contribution is 2.32. The lowest BCUT2D eigenvalue weighted by atomic mass is 10.2. The van der Waals surface area contributed by atoms with Crippen LogP contribution in [0.1, 0.15) is 15.9 Å². The molecule has 0 fully saturated rings. The van der Waals surface area contributed by atoms with Crippen molar-refractivity contribution in [2.24, 2.45) is 0 Å². The van der Waals surface area contributed by atoms with Crippen LogP contribution in [0.15, 0.2) is 30.5 Å². The van der Waals surface area contributed by atoms with E-state index in [1.165, 1.54) is 37.6 Å². The summed E-state index contributed by atoms with van der Waals surface area (Å²) in [5, 5.41) is 25.2. The summed E-state index contributed by atoms with van der Waals surface area (Å²) in [5.74, 6) is -0.586. The number of aromatic nitrogens is 2. The third-order valence-electron chi connectivity index (χ3n) is 2.42. The van der Waals surface area contributed by atoms with E-state index in [0.717, 1.165) is 0 Å². The van der Waals surface area contributed by atoms with Crippen LogP contribution >= 0.6 is 0 Å². The Labute approximate surface area is 114 Å². The molecule has 0 amide bonds. The predicted molar refractivity (Wildman–Crippen MR) is 66.8 cm³/mol. The maximum atomic E-state index is 10.9. The zero-order valence-corrected chi connectivity index (χ0v) is 10.4. The minimum atomic E-state index is -1.08. The van der Waals surface area contributed by atoms with Gasteiger partial charge < -0.3 is 14.6 Å². The first kappa shape index (κ1) is 13.3. The molecule has 0 aliphatic rings. The number of rotatable bonds is 4. The summed E-state index contributed by atoms with van der Waals surface area (Å²) in [6.45, 7) is 0. The van der Waals surface area contributed by atoms with Crippen molar-refractivity contribution in [3.8, 4) is 23.4 Å². The quantitative estimate of drug-likeness (QED) is 0.904. The van der Waals surface area contributed by atoms with Crippen LogP contribution in [0, 0.1) is 11.3 Å². The van der Waals surface area contributed by atoms with Crippen molar-refractivity contribution in [2.75, 3.05) is 7.11 Å². The van der Waals surface area contributed by atoms with Crippen LogP contribution in [0.5, 0.6) is 17.4 Å². The van der Waals surface area contributed by atoms with E-state index in [9.17, 15) is 4.79 Å². The number of nitrogens with zero attached hydrogens (tertiary/aromatic N) is 3. The molecule has 1 aromatic heterocycles. The van der Waals surface area contributed by atoms with Crippen LogP contribution in [0.3, 0.4) is 0 Å². The molecule has 1 aromatic carbocycles. The molecular formula is C13H9N3O4. The molecule has 20 heavy (non-hydrogen) atoms. The van der Waals surface area contributed by atoms with Crippen molar-refractivity contribution in [3.63, 3.8) is 0 Å². The fourth-order valence-corrected chi connectivity index (χ4v) is 1.47. The lowest BCUT2D eigenvalue weighted by molar-refractivity contribution is 0.0696. The number of aromatic carboxylic acids is 1. The van der Waals surface area contributed by atoms with E-state index in [2.05, 4.69) is 10.2 Å². The van der Waals surface area contributed by atoms with Gasteiger partial charge in [-0.05, 0) is 24.3 Å². The summed E-state index contributed by atoms with van der Waals surface area (Å²) in [5.41, 5.74) is 0.276. The molecule has 0 bridgehead atoms. The van der Waals surface area contributed by atoms with E-state index >= 15 is 0 Å². The highest BCUT2D eigenvalue weighted by atomic mass is 16.5. The first-order valence-corrected chi connectivity index (χ1v) is 5.46. The smallest absolute Gasteiger partial charge is 0.335 e. The number of benzene rings is 1. The molecular weight excluding hydrogens is 262 g/mol. The zero-order valence-electron chi connectivity index (χ0n) is 10.4. The van der Waals surface area contributed by atoms with Crippen LogP contribution < -0.4 is 9.47 Å². The minimum absolute atomic E-state index is 0.0244. The topological polar surface area (TPSA) is 105 Å². The van der Waals surface area contributed by atoms with E-state index in [1.54, 1.807) is 0 Å². The third kappa shape index (κ3) is 2.64. The van der Waals surface area contributed by atoms with Gasteiger partial charge in [0, 0.05) is 0 Å². The molecule has 1 heterocycles. The number of nitriles is 1. The second-order valence-corrected chi connectivity index (χ2v) is 3.63. The van der Waals surface area contributed by atoms with Crippen LogP contribution in [0.25, 0.3) is 0 Å². The first-order chi connectivity index (χ1) is 9.65. The Kier molecular flexibility index (Phi) is 3.77. The summed E-state index contributed by atoms with van der Waals surface area (Å²) in [7, 11) is 1.38. The fraction of sp³-hybridized carbons (Fsp3) is 0.0769. The van der Waals surface area contributed by atoms with Crippen LogP contribution in [-0.4, -0.2) is 28.4 Å². The van der Waals surface area contributed by atoms with Gasteiger partial charge in [-0.3, -0.25) is 0 Å². The largest absolute Gasteiger partial charge is 0.493 e. The molecule has 0 aliphatic carbocycles. The Hall–Kier alpha value is -3.14. The van der Waals surface area contributed by atoms with E-state index in [1.807, 2.05) is 6.07 Å². The maximum Gasteiger partial charge on any atom is 0.335 e. The molecule has 0 aliphatic heterocycles. The highest BCUT2D eigenvalue weighted by Gasteiger charge is 2.13. The fourth-order valence-electron chi connectivity index (χ4n) is 1.47. The number of hydrogen-bond donors (Lipinski definition) is 1. The van der Waals surface area contributed by atoms with Gasteiger partial charge in [-0.1, -0.05) is 0 Å². The van der Waals surface area contributed by atoms with Gasteiger partial charge in [0.2, 0.25) is 0 Å². The Balaban J connectivity index is 2.39. The van der Waals surface area contributed by atoms with Gasteiger partial charge in [0.1, 0.15) is 11.6 Å². The first-order valence-electron chi connectivity index (χ1n) is 5.46. The molecule has 0 saturated carbocycles. The molecule has 7 heteroatoms. The van der Waals surface area contributed by atoms with Crippen molar-refractivity contribution in [1.82, 2.24) is 10.2 Å². The van der Waals surface area contributed by atoms with Crippen molar-refractivity contribution >= 4 is 5.97 Å². The predicted octanol–water partition coefficient (Wildman–Crippen LogP) is 1.85. The second kappa shape index (κ2) is 5.67. The number of carboxylic acid groups (broad SMARTS) is 1. The van der Waals surface area contributed by atoms with Crippen LogP contribution in [0.4, 0.5) is 0 Å². The summed E-state index contributed by atoms with van der Waals surface area (Å²) < 4.78 is 10.5. The molecule has 0 spiro atoms. The van der Waals surface area contributed by atoms with Gasteiger partial charge in [-0.2, -0.15) is 10.4 Å². The SMILES string of the molecule is COc1cc(C(=O)O)ccc1Oc1nnccc1C#N. The number of methoxy groups -OCH3 is 1. The molecule has 0 atom stereocenters. The molecule has 2 rings (SSSR count). The Morgan fingerprint density at radius 1 is 1.35 bits per heavy atom. The average Bonchev–Trinajstić information content (AvgIpc) is 2.48. The van der Waals surface area contributed by atoms with E-state index in [0.29, 0.717) is 0 Å². The number of hydrogen-bond acceptors (Lipinski definition) is 6. The lowest BCUT2D eigenvalue weighted by Crippen LogP contribution is -1.99. The number of ether oxygens (including phenoxy) is 2. The summed E-state index contributed by atoms with van der Waals surface area (Å²) >= 11 is 0. The van der Waals surface area contributed by atoms with Gasteiger partial charge in [0.05, 0.1) is 18.9 Å². The van der Waals surface area contributed by atoms with Gasteiger partial charge in [-0.15, -0.1) is 5.10 Å². The van der Waals surface area contributed by atoms with E-state index in [-0.39, 0.29) is 28.5 Å². The molecule has 0 unspecified atom stereocenters. The maximum absolute atomic E-state index is 10.9. The van der Waals surface area contributed by atoms with Gasteiger partial charge >= 0.3 is 5.97 Å². The van der Waals surface area contributed by atoms with Crippen molar-refractivity contribution in [1.29, 1.82) is 5.26 Å². The molecule has 7 nitrogen and oxygen atoms in total. The van der Waals surface area contributed by atoms with Gasteiger partial charge in [-0.25, -0.2) is 4.79 Å². The van der Waals surface area contributed by atoms with E-state index in [4.69, 9.17) is 19.8 Å². The van der Waals surface area contributed by atoms with Crippen molar-refractivity contribution in [3.05, 3.63) is 41.6 Å². The average molecular weight is 271 g/mol. The number of carbonyl (C=O) groups is 1. The zero-order chi connectivity index (χ0) is 14.5. The third-order valence-corrected chi connectivity index (χ3v) is 2.42. The van der Waals surface area contributed by atoms with Gasteiger partial charge in [0.25, 0.3) is 5.88 Å². The Morgan fingerprint density at radius 2 is 2.15 bits per heavy atom. The highest BCUT2D eigenvalue weighted by molar-refractivity contribution is 5.88. The molecule has 2 aromatic rings. The summed E-state index contributed by atoms with van der Waals surface area (Å²) in [6, 6.07) is 7.49. The molecule has 1 N–H and O–H groups in total. The molecule has 100 valence electrons. The lowest BCUT2D eigenvalue weighted by Gasteiger charge is -2.10. The summed E-state index contributed by atoms with van der Waals surface area (Å²) in [6.07, 6.45) is 1.37. The Bertz CT molecular complexity index is 694. The Morgan fingerprint density at radius 3 is 2.80 bits per heavy atom. The monoisotopic (exact) mass is 271 g/mol. The van der Waals surface area contributed by atoms with Crippen LogP contribution in [0.2, 0.25) is 0 Å². The standard InChI is InChI=1S/C13H9N3O4/c1-19-11-6-8(13(17)18)2-3-10(11)20-12-9(7-14)4-5-15-16-12/h2-6H,1H3,(H,17,18). The van der Waals surface area contributed by atoms with Crippen LogP contribution in [-0.2, 0) is 0 Å².